The maximum atomic E-state index is 12.9. The predicted molar refractivity (Wildman–Crippen MR) is 68.2 cm³/mol. The molecule has 0 aliphatic rings. The van der Waals surface area contributed by atoms with Gasteiger partial charge in [-0.2, -0.15) is 13.2 Å². The lowest BCUT2D eigenvalue weighted by Gasteiger charge is -2.12. The summed E-state index contributed by atoms with van der Waals surface area (Å²) in [7, 11) is 1.42. The van der Waals surface area contributed by atoms with Gasteiger partial charge in [0.2, 0.25) is 5.88 Å². The lowest BCUT2D eigenvalue weighted by Crippen LogP contribution is -2.13. The van der Waals surface area contributed by atoms with Crippen molar-refractivity contribution in [3.8, 4) is 17.0 Å². The van der Waals surface area contributed by atoms with Gasteiger partial charge in [-0.1, -0.05) is 6.07 Å². The van der Waals surface area contributed by atoms with E-state index in [1.165, 1.54) is 25.4 Å². The van der Waals surface area contributed by atoms with Crippen molar-refractivity contribution < 1.29 is 27.8 Å². The molecule has 2 aromatic rings. The summed E-state index contributed by atoms with van der Waals surface area (Å²) in [5.41, 5.74) is -1.32. The lowest BCUT2D eigenvalue weighted by atomic mass is 10.00. The quantitative estimate of drug-likeness (QED) is 0.942. The Kier molecular flexibility index (Phi) is 3.84. The van der Waals surface area contributed by atoms with Gasteiger partial charge in [0.25, 0.3) is 0 Å². The first-order valence-corrected chi connectivity index (χ1v) is 5.78. The average Bonchev–Trinajstić information content (AvgIpc) is 2.45. The van der Waals surface area contributed by atoms with Crippen molar-refractivity contribution in [3.63, 3.8) is 0 Å². The van der Waals surface area contributed by atoms with E-state index in [1.54, 1.807) is 6.07 Å². The second kappa shape index (κ2) is 5.43. The zero-order valence-corrected chi connectivity index (χ0v) is 10.8. The van der Waals surface area contributed by atoms with E-state index < -0.39 is 23.3 Å². The molecule has 21 heavy (non-hydrogen) atoms. The van der Waals surface area contributed by atoms with Crippen molar-refractivity contribution in [2.75, 3.05) is 7.11 Å². The number of carbonyl (C=O) groups is 1. The average molecular weight is 297 g/mol. The third-order valence-electron chi connectivity index (χ3n) is 2.83. The first-order chi connectivity index (χ1) is 9.82. The number of aromatic carboxylic acids is 1. The molecule has 0 unspecified atom stereocenters. The predicted octanol–water partition coefficient (Wildman–Crippen LogP) is 3.47. The normalized spacial score (nSPS) is 11.2. The Bertz CT molecular complexity index is 666. The fourth-order valence-electron chi connectivity index (χ4n) is 1.82. The Hall–Kier alpha value is -2.57. The number of methoxy groups -OCH3 is 1. The number of carboxylic acids is 1. The van der Waals surface area contributed by atoms with Gasteiger partial charge in [-0.05, 0) is 23.8 Å². The van der Waals surface area contributed by atoms with Crippen LogP contribution in [0.25, 0.3) is 11.1 Å². The number of rotatable bonds is 3. The summed E-state index contributed by atoms with van der Waals surface area (Å²) in [6.45, 7) is 0. The zero-order valence-electron chi connectivity index (χ0n) is 10.8. The van der Waals surface area contributed by atoms with Gasteiger partial charge in [0.1, 0.15) is 0 Å². The van der Waals surface area contributed by atoms with Crippen LogP contribution >= 0.6 is 0 Å². The van der Waals surface area contributed by atoms with Crippen LogP contribution in [0.1, 0.15) is 15.9 Å². The molecule has 0 bridgehead atoms. The molecule has 1 aromatic heterocycles. The smallest absolute Gasteiger partial charge is 0.417 e. The maximum absolute atomic E-state index is 12.9. The highest BCUT2D eigenvalue weighted by molar-refractivity contribution is 5.90. The number of benzene rings is 1. The highest BCUT2D eigenvalue weighted by atomic mass is 19.4. The number of hydrogen-bond acceptors (Lipinski definition) is 3. The van der Waals surface area contributed by atoms with Gasteiger partial charge in [-0.3, -0.25) is 0 Å². The number of pyridine rings is 1. The molecule has 0 saturated carbocycles. The molecule has 1 aromatic carbocycles. The van der Waals surface area contributed by atoms with Crippen LogP contribution in [0, 0.1) is 0 Å². The number of hydrogen-bond donors (Lipinski definition) is 1. The maximum Gasteiger partial charge on any atom is 0.417 e. The number of aromatic nitrogens is 1. The molecule has 110 valence electrons. The van der Waals surface area contributed by atoms with Crippen LogP contribution in [0.4, 0.5) is 13.2 Å². The first kappa shape index (κ1) is 14.8. The molecule has 0 saturated heterocycles. The molecule has 0 amide bonds. The van der Waals surface area contributed by atoms with Gasteiger partial charge in [-0.15, -0.1) is 0 Å². The Morgan fingerprint density at radius 2 is 1.86 bits per heavy atom. The van der Waals surface area contributed by atoms with E-state index in [0.717, 1.165) is 12.1 Å². The standard InChI is InChI=1S/C14H10F3NO3/c1-21-12-5-3-9(7-18-12)8-2-4-10(13(19)20)11(6-8)14(15,16)17/h2-7H,1H3,(H,19,20). The minimum Gasteiger partial charge on any atom is -0.481 e. The molecule has 4 nitrogen and oxygen atoms in total. The molecule has 0 aliphatic carbocycles. The van der Waals surface area contributed by atoms with Gasteiger partial charge in [-0.25, -0.2) is 9.78 Å². The molecule has 7 heteroatoms. The molecule has 2 rings (SSSR count). The van der Waals surface area contributed by atoms with Gasteiger partial charge in [0.15, 0.2) is 0 Å². The van der Waals surface area contributed by atoms with Crippen LogP contribution in [-0.2, 0) is 6.18 Å². The SMILES string of the molecule is COc1ccc(-c2ccc(C(=O)O)c(C(F)(F)F)c2)cn1. The fraction of sp³-hybridized carbons (Fsp3) is 0.143. The van der Waals surface area contributed by atoms with E-state index >= 15 is 0 Å². The minimum atomic E-state index is -4.75. The van der Waals surface area contributed by atoms with Crippen molar-refractivity contribution >= 4 is 5.97 Å². The molecule has 0 spiro atoms. The Morgan fingerprint density at radius 3 is 2.33 bits per heavy atom. The Morgan fingerprint density at radius 1 is 1.19 bits per heavy atom. The van der Waals surface area contributed by atoms with E-state index in [-0.39, 0.29) is 5.56 Å². The molecule has 0 radical (unpaired) electrons. The molecule has 0 fully saturated rings. The van der Waals surface area contributed by atoms with Crippen molar-refractivity contribution in [1.29, 1.82) is 0 Å². The van der Waals surface area contributed by atoms with E-state index in [9.17, 15) is 18.0 Å². The topological polar surface area (TPSA) is 59.4 Å². The van der Waals surface area contributed by atoms with Crippen LogP contribution in [0.5, 0.6) is 5.88 Å². The number of ether oxygens (including phenoxy) is 1. The molecule has 1 heterocycles. The Labute approximate surface area is 117 Å². The van der Waals surface area contributed by atoms with Crippen molar-refractivity contribution in [2.24, 2.45) is 0 Å². The van der Waals surface area contributed by atoms with Gasteiger partial charge in [0, 0.05) is 17.8 Å². The van der Waals surface area contributed by atoms with Crippen molar-refractivity contribution in [3.05, 3.63) is 47.7 Å². The zero-order chi connectivity index (χ0) is 15.6. The fourth-order valence-corrected chi connectivity index (χ4v) is 1.82. The third kappa shape index (κ3) is 3.13. The molecule has 0 atom stereocenters. The molecule has 1 N–H and O–H groups in total. The third-order valence-corrected chi connectivity index (χ3v) is 2.83. The molecular weight excluding hydrogens is 287 g/mol. The number of carboxylic acid groups (broad SMARTS) is 1. The highest BCUT2D eigenvalue weighted by Gasteiger charge is 2.35. The van der Waals surface area contributed by atoms with E-state index in [2.05, 4.69) is 4.98 Å². The van der Waals surface area contributed by atoms with Crippen molar-refractivity contribution in [2.45, 2.75) is 6.18 Å². The largest absolute Gasteiger partial charge is 0.481 e. The van der Waals surface area contributed by atoms with Gasteiger partial charge >= 0.3 is 12.1 Å². The summed E-state index contributed by atoms with van der Waals surface area (Å²) in [5.74, 6) is -1.29. The summed E-state index contributed by atoms with van der Waals surface area (Å²) in [5, 5.41) is 8.83. The van der Waals surface area contributed by atoms with Gasteiger partial charge in [0.05, 0.1) is 18.2 Å². The van der Waals surface area contributed by atoms with E-state index in [1.807, 2.05) is 0 Å². The van der Waals surface area contributed by atoms with Crippen LogP contribution in [0.3, 0.4) is 0 Å². The summed E-state index contributed by atoms with van der Waals surface area (Å²) >= 11 is 0. The van der Waals surface area contributed by atoms with Crippen LogP contribution < -0.4 is 4.74 Å². The van der Waals surface area contributed by atoms with Crippen LogP contribution in [0.2, 0.25) is 0 Å². The van der Waals surface area contributed by atoms with Crippen molar-refractivity contribution in [1.82, 2.24) is 4.98 Å². The second-order valence-corrected chi connectivity index (χ2v) is 4.15. The van der Waals surface area contributed by atoms with E-state index in [0.29, 0.717) is 11.4 Å². The summed E-state index contributed by atoms with van der Waals surface area (Å²) in [4.78, 5) is 14.8. The minimum absolute atomic E-state index is 0.225. The van der Waals surface area contributed by atoms with E-state index in [4.69, 9.17) is 9.84 Å². The second-order valence-electron chi connectivity index (χ2n) is 4.15. The molecule has 0 aliphatic heterocycles. The lowest BCUT2D eigenvalue weighted by molar-refractivity contribution is -0.138. The van der Waals surface area contributed by atoms with Gasteiger partial charge < -0.3 is 9.84 Å². The summed E-state index contributed by atoms with van der Waals surface area (Å²) in [6.07, 6.45) is -3.39. The number of halogens is 3. The highest BCUT2D eigenvalue weighted by Crippen LogP contribution is 2.35. The first-order valence-electron chi connectivity index (χ1n) is 5.78. The number of nitrogens with zero attached hydrogens (tertiary/aromatic N) is 1. The summed E-state index contributed by atoms with van der Waals surface area (Å²) in [6, 6.07) is 6.09. The summed E-state index contributed by atoms with van der Waals surface area (Å²) < 4.78 is 43.6. The number of alkyl halides is 3. The van der Waals surface area contributed by atoms with Crippen LogP contribution in [0.15, 0.2) is 36.5 Å². The Balaban J connectivity index is 2.53. The molecular formula is C14H10F3NO3. The monoisotopic (exact) mass is 297 g/mol. The van der Waals surface area contributed by atoms with Crippen LogP contribution in [-0.4, -0.2) is 23.2 Å².